The Labute approximate surface area is 111 Å². The average Bonchev–Trinajstić information content (AvgIpc) is 2.89. The highest BCUT2D eigenvalue weighted by atomic mass is 16.5. The second-order valence-electron chi connectivity index (χ2n) is 6.04. The van der Waals surface area contributed by atoms with E-state index in [-0.39, 0.29) is 0 Å². The molecule has 0 saturated carbocycles. The van der Waals surface area contributed by atoms with Gasteiger partial charge in [0.2, 0.25) is 0 Å². The van der Waals surface area contributed by atoms with Gasteiger partial charge < -0.3 is 15.0 Å². The summed E-state index contributed by atoms with van der Waals surface area (Å²) in [5.41, 5.74) is 0. The quantitative estimate of drug-likeness (QED) is 0.787. The minimum atomic E-state index is 0.826. The monoisotopic (exact) mass is 253 g/mol. The summed E-state index contributed by atoms with van der Waals surface area (Å²) in [6, 6.07) is 0.826. The van der Waals surface area contributed by atoms with E-state index < -0.39 is 0 Å². The molecule has 3 aliphatic heterocycles. The molecule has 0 aliphatic carbocycles. The summed E-state index contributed by atoms with van der Waals surface area (Å²) in [7, 11) is 0. The first-order valence-corrected chi connectivity index (χ1v) is 7.67. The molecule has 4 nitrogen and oxygen atoms in total. The summed E-state index contributed by atoms with van der Waals surface area (Å²) in [6.07, 6.45) is 3.92. The number of nitrogens with one attached hydrogen (secondary N) is 1. The molecule has 0 radical (unpaired) electrons. The number of nitrogens with zero attached hydrogens (tertiary/aromatic N) is 2. The molecule has 3 aliphatic rings. The number of likely N-dealkylation sites (tertiary alicyclic amines) is 1. The van der Waals surface area contributed by atoms with E-state index in [2.05, 4.69) is 15.1 Å². The van der Waals surface area contributed by atoms with Gasteiger partial charge in [0.05, 0.1) is 0 Å². The first-order valence-electron chi connectivity index (χ1n) is 7.67. The van der Waals surface area contributed by atoms with Crippen molar-refractivity contribution in [2.24, 2.45) is 5.92 Å². The fourth-order valence-corrected chi connectivity index (χ4v) is 3.62. The van der Waals surface area contributed by atoms with Crippen molar-refractivity contribution in [2.45, 2.75) is 25.3 Å². The lowest BCUT2D eigenvalue weighted by Crippen LogP contribution is -2.49. The first kappa shape index (κ1) is 12.9. The maximum atomic E-state index is 5.45. The molecule has 1 N–H and O–H groups in total. The Morgan fingerprint density at radius 1 is 1.00 bits per heavy atom. The van der Waals surface area contributed by atoms with Crippen molar-refractivity contribution in [3.63, 3.8) is 0 Å². The van der Waals surface area contributed by atoms with Crippen molar-refractivity contribution in [3.8, 4) is 0 Å². The lowest BCUT2D eigenvalue weighted by Gasteiger charge is -2.33. The Hall–Kier alpha value is -0.160. The van der Waals surface area contributed by atoms with E-state index in [1.807, 2.05) is 0 Å². The summed E-state index contributed by atoms with van der Waals surface area (Å²) < 4.78 is 5.45. The largest absolute Gasteiger partial charge is 0.381 e. The van der Waals surface area contributed by atoms with Gasteiger partial charge in [0.1, 0.15) is 0 Å². The van der Waals surface area contributed by atoms with E-state index in [4.69, 9.17) is 4.74 Å². The molecule has 0 aromatic carbocycles. The van der Waals surface area contributed by atoms with E-state index in [0.29, 0.717) is 0 Å². The third kappa shape index (κ3) is 3.23. The maximum Gasteiger partial charge on any atom is 0.0469 e. The van der Waals surface area contributed by atoms with Gasteiger partial charge >= 0.3 is 0 Å². The smallest absolute Gasteiger partial charge is 0.0469 e. The zero-order valence-electron chi connectivity index (χ0n) is 11.4. The van der Waals surface area contributed by atoms with E-state index in [1.165, 1.54) is 65.1 Å². The molecule has 4 heteroatoms. The van der Waals surface area contributed by atoms with Crippen LogP contribution in [0.4, 0.5) is 0 Å². The second kappa shape index (κ2) is 6.33. The molecular formula is C14H27N3O. The molecule has 1 unspecified atom stereocenters. The Kier molecular flexibility index (Phi) is 4.52. The van der Waals surface area contributed by atoms with Crippen molar-refractivity contribution in [3.05, 3.63) is 0 Å². The number of hydrogen-bond acceptors (Lipinski definition) is 4. The highest BCUT2D eigenvalue weighted by Crippen LogP contribution is 2.21. The second-order valence-corrected chi connectivity index (χ2v) is 6.04. The highest BCUT2D eigenvalue weighted by Gasteiger charge is 2.29. The summed E-state index contributed by atoms with van der Waals surface area (Å²) in [5, 5.41) is 3.45. The Morgan fingerprint density at radius 3 is 2.56 bits per heavy atom. The van der Waals surface area contributed by atoms with Gasteiger partial charge in [-0.15, -0.1) is 0 Å². The molecule has 0 aromatic heterocycles. The fourth-order valence-electron chi connectivity index (χ4n) is 3.62. The molecule has 1 atom stereocenters. The van der Waals surface area contributed by atoms with Gasteiger partial charge in [-0.1, -0.05) is 0 Å². The number of rotatable bonds is 3. The van der Waals surface area contributed by atoms with E-state index >= 15 is 0 Å². The van der Waals surface area contributed by atoms with Crippen LogP contribution in [0.5, 0.6) is 0 Å². The number of piperazine rings is 1. The SMILES string of the molecule is C1CN(C2CCN(CC3CCOCC3)C2)CCN1. The van der Waals surface area contributed by atoms with Crippen LogP contribution in [0.3, 0.4) is 0 Å². The van der Waals surface area contributed by atoms with Crippen LogP contribution in [0.1, 0.15) is 19.3 Å². The van der Waals surface area contributed by atoms with Gasteiger partial charge in [0, 0.05) is 58.5 Å². The summed E-state index contributed by atoms with van der Waals surface area (Å²) in [5.74, 6) is 0.889. The van der Waals surface area contributed by atoms with Crippen molar-refractivity contribution in [1.82, 2.24) is 15.1 Å². The number of hydrogen-bond donors (Lipinski definition) is 1. The van der Waals surface area contributed by atoms with Gasteiger partial charge in [-0.2, -0.15) is 0 Å². The zero-order valence-corrected chi connectivity index (χ0v) is 11.4. The van der Waals surface area contributed by atoms with Gasteiger partial charge in [0.15, 0.2) is 0 Å². The molecule has 0 aromatic rings. The Bertz CT molecular complexity index is 249. The van der Waals surface area contributed by atoms with E-state index in [0.717, 1.165) is 25.2 Å². The molecule has 3 heterocycles. The van der Waals surface area contributed by atoms with Crippen molar-refractivity contribution >= 4 is 0 Å². The van der Waals surface area contributed by atoms with Crippen LogP contribution in [-0.2, 0) is 4.74 Å². The topological polar surface area (TPSA) is 27.7 Å². The normalized spacial score (nSPS) is 33.0. The minimum absolute atomic E-state index is 0.826. The van der Waals surface area contributed by atoms with Crippen LogP contribution in [0, 0.1) is 5.92 Å². The number of ether oxygens (including phenoxy) is 1. The van der Waals surface area contributed by atoms with Gasteiger partial charge in [0.25, 0.3) is 0 Å². The van der Waals surface area contributed by atoms with Crippen LogP contribution in [0.15, 0.2) is 0 Å². The van der Waals surface area contributed by atoms with Crippen LogP contribution in [0.2, 0.25) is 0 Å². The molecule has 3 rings (SSSR count). The van der Waals surface area contributed by atoms with Gasteiger partial charge in [-0.05, 0) is 31.7 Å². The van der Waals surface area contributed by atoms with Gasteiger partial charge in [-0.25, -0.2) is 0 Å². The molecule has 3 saturated heterocycles. The third-order valence-electron chi connectivity index (χ3n) is 4.77. The molecule has 104 valence electrons. The third-order valence-corrected chi connectivity index (χ3v) is 4.77. The van der Waals surface area contributed by atoms with Crippen LogP contribution >= 0.6 is 0 Å². The average molecular weight is 253 g/mol. The predicted molar refractivity (Wildman–Crippen MR) is 72.8 cm³/mol. The minimum Gasteiger partial charge on any atom is -0.381 e. The van der Waals surface area contributed by atoms with Crippen LogP contribution in [-0.4, -0.2) is 74.9 Å². The molecular weight excluding hydrogens is 226 g/mol. The standard InChI is InChI=1S/C14H27N3O/c1-6-16(11-13-2-9-18-10-3-13)12-14(1)17-7-4-15-5-8-17/h13-15H,1-12H2. The Morgan fingerprint density at radius 2 is 1.78 bits per heavy atom. The summed E-state index contributed by atoms with van der Waals surface area (Å²) in [4.78, 5) is 5.39. The van der Waals surface area contributed by atoms with E-state index in [1.54, 1.807) is 0 Å². The molecule has 18 heavy (non-hydrogen) atoms. The van der Waals surface area contributed by atoms with Crippen molar-refractivity contribution < 1.29 is 4.74 Å². The van der Waals surface area contributed by atoms with Crippen molar-refractivity contribution in [1.29, 1.82) is 0 Å². The predicted octanol–water partition coefficient (Wildman–Crippen LogP) is 0.393. The maximum absolute atomic E-state index is 5.45. The van der Waals surface area contributed by atoms with E-state index in [9.17, 15) is 0 Å². The highest BCUT2D eigenvalue weighted by molar-refractivity contribution is 4.86. The lowest BCUT2D eigenvalue weighted by atomic mass is 10.00. The van der Waals surface area contributed by atoms with Gasteiger partial charge in [-0.3, -0.25) is 4.90 Å². The summed E-state index contributed by atoms with van der Waals surface area (Å²) >= 11 is 0. The van der Waals surface area contributed by atoms with Crippen molar-refractivity contribution in [2.75, 3.05) is 59.0 Å². The lowest BCUT2D eigenvalue weighted by molar-refractivity contribution is 0.0542. The molecule has 0 spiro atoms. The molecule has 3 fully saturated rings. The Balaban J connectivity index is 1.42. The fraction of sp³-hybridized carbons (Fsp3) is 1.00. The first-order chi connectivity index (χ1) is 8.92. The van der Waals surface area contributed by atoms with Crippen LogP contribution < -0.4 is 5.32 Å². The zero-order chi connectivity index (χ0) is 12.2. The van der Waals surface area contributed by atoms with Crippen LogP contribution in [0.25, 0.3) is 0 Å². The summed E-state index contributed by atoms with van der Waals surface area (Å²) in [6.45, 7) is 10.7. The molecule has 0 bridgehead atoms. The molecule has 0 amide bonds.